The maximum absolute atomic E-state index is 6.60. The lowest BCUT2D eigenvalue weighted by Crippen LogP contribution is -2.10. The maximum Gasteiger partial charge on any atom is 0.161 e. The molecule has 0 aromatic heterocycles. The van der Waals surface area contributed by atoms with Crippen molar-refractivity contribution in [3.63, 3.8) is 0 Å². The van der Waals surface area contributed by atoms with Crippen LogP contribution in [0.25, 0.3) is 0 Å². The fourth-order valence-electron chi connectivity index (χ4n) is 4.02. The summed E-state index contributed by atoms with van der Waals surface area (Å²) in [6.45, 7) is 5.76. The summed E-state index contributed by atoms with van der Waals surface area (Å²) in [5.74, 6) is 3.67. The molecule has 7 heteroatoms. The molecular weight excluding hydrogens is 422 g/mol. The summed E-state index contributed by atoms with van der Waals surface area (Å²) in [5, 5.41) is 1.75. The lowest BCUT2D eigenvalue weighted by Gasteiger charge is -2.19. The zero-order valence-corrected chi connectivity index (χ0v) is 21.1. The fourth-order valence-corrected chi connectivity index (χ4v) is 4.26. The largest absolute Gasteiger partial charge is 0.493 e. The van der Waals surface area contributed by atoms with Crippen LogP contribution in [-0.2, 0) is 4.74 Å². The first-order valence-electron chi connectivity index (χ1n) is 10.7. The van der Waals surface area contributed by atoms with Crippen molar-refractivity contribution >= 4 is 32.6 Å². The zero-order valence-electron chi connectivity index (χ0n) is 18.8. The molecule has 1 heterocycles. The van der Waals surface area contributed by atoms with Gasteiger partial charge in [-0.2, -0.15) is 0 Å². The minimum atomic E-state index is -0.0243. The fraction of sp³-hybridized carbons (Fsp3) is 0.500. The molecule has 0 bridgehead atoms. The monoisotopic (exact) mass is 452 g/mol. The molecule has 4 radical (unpaired) electrons. The SMILES string of the molecule is COc1cc(C2O[C@H](c3ccc(OC[CH2][Al])c(OC)c3)[C@H](C)C2C)ccc1OC[CH2][Al]. The van der Waals surface area contributed by atoms with E-state index in [0.29, 0.717) is 25.0 Å². The van der Waals surface area contributed by atoms with Gasteiger partial charge in [0.05, 0.1) is 39.6 Å². The molecule has 162 valence electrons. The molecule has 2 aromatic rings. The molecule has 0 aliphatic carbocycles. The Balaban J connectivity index is 1.83. The Morgan fingerprint density at radius 3 is 1.48 bits per heavy atom. The average Bonchev–Trinajstić information content (AvgIpc) is 3.10. The standard InChI is InChI=1S/C24H30O5.2Al/c1-7-27-19-11-9-17(13-21(19)25-5)23-15(3)16(4)24(29-23)18-10-12-20(28-8-2)22(14-18)26-6;;/h9-16,23-24H,1-2,7-8H2,3-6H3;;/t15-,16?,23+,24?;;/m1../s1. The second-order valence-corrected chi connectivity index (χ2v) is 8.95. The van der Waals surface area contributed by atoms with Crippen molar-refractivity contribution in [2.75, 3.05) is 27.4 Å². The van der Waals surface area contributed by atoms with Gasteiger partial charge in [0.25, 0.3) is 0 Å². The van der Waals surface area contributed by atoms with Crippen LogP contribution >= 0.6 is 0 Å². The Kier molecular flexibility index (Phi) is 9.02. The van der Waals surface area contributed by atoms with Gasteiger partial charge in [0.2, 0.25) is 0 Å². The molecule has 0 amide bonds. The molecule has 0 saturated carbocycles. The topological polar surface area (TPSA) is 46.2 Å². The Morgan fingerprint density at radius 2 is 1.13 bits per heavy atom. The summed E-state index contributed by atoms with van der Waals surface area (Å²) in [6.07, 6.45) is -0.0487. The van der Waals surface area contributed by atoms with Gasteiger partial charge in [-0.3, -0.25) is 0 Å². The molecule has 1 fully saturated rings. The van der Waals surface area contributed by atoms with Crippen LogP contribution in [0.2, 0.25) is 10.6 Å². The summed E-state index contributed by atoms with van der Waals surface area (Å²) in [6, 6.07) is 12.2. The lowest BCUT2D eigenvalue weighted by molar-refractivity contribution is 0.0287. The number of methoxy groups -OCH3 is 2. The van der Waals surface area contributed by atoms with E-state index in [0.717, 1.165) is 44.7 Å². The van der Waals surface area contributed by atoms with Crippen LogP contribution < -0.4 is 18.9 Å². The molecule has 2 unspecified atom stereocenters. The Bertz CT molecular complexity index is 790. The van der Waals surface area contributed by atoms with E-state index in [-0.39, 0.29) is 12.2 Å². The highest BCUT2D eigenvalue weighted by molar-refractivity contribution is 6.08. The van der Waals surface area contributed by atoms with Crippen molar-refractivity contribution < 1.29 is 23.7 Å². The quantitative estimate of drug-likeness (QED) is 0.488. The van der Waals surface area contributed by atoms with Gasteiger partial charge in [-0.15, -0.1) is 0 Å². The number of ether oxygens (including phenoxy) is 5. The minimum Gasteiger partial charge on any atom is -0.493 e. The van der Waals surface area contributed by atoms with E-state index in [9.17, 15) is 0 Å². The van der Waals surface area contributed by atoms with Gasteiger partial charge in [-0.1, -0.05) is 36.5 Å². The van der Waals surface area contributed by atoms with Gasteiger partial charge in [-0.25, -0.2) is 0 Å². The minimum absolute atomic E-state index is 0.0243. The molecule has 2 aromatic carbocycles. The second-order valence-electron chi connectivity index (χ2n) is 7.79. The Morgan fingerprint density at radius 1 is 0.710 bits per heavy atom. The van der Waals surface area contributed by atoms with Crippen LogP contribution in [0, 0.1) is 11.8 Å². The first kappa shape index (κ1) is 24.3. The van der Waals surface area contributed by atoms with Crippen LogP contribution in [0.15, 0.2) is 36.4 Å². The Hall–Kier alpha value is -1.34. The molecule has 1 saturated heterocycles. The molecule has 0 spiro atoms. The van der Waals surface area contributed by atoms with E-state index in [1.54, 1.807) is 14.2 Å². The van der Waals surface area contributed by atoms with Crippen molar-refractivity contribution in [3.05, 3.63) is 47.5 Å². The van der Waals surface area contributed by atoms with Crippen molar-refractivity contribution in [1.82, 2.24) is 0 Å². The summed E-state index contributed by atoms with van der Waals surface area (Å²) in [5.41, 5.74) is 2.20. The molecule has 1 aliphatic rings. The molecule has 1 aliphatic heterocycles. The van der Waals surface area contributed by atoms with Crippen molar-refractivity contribution in [3.8, 4) is 23.0 Å². The van der Waals surface area contributed by atoms with E-state index in [4.69, 9.17) is 23.7 Å². The molecular formula is C24H30Al2O5. The number of benzene rings is 2. The summed E-state index contributed by atoms with van der Waals surface area (Å²) in [7, 11) is 3.34. The highest BCUT2D eigenvalue weighted by Gasteiger charge is 2.41. The number of hydrogen-bond donors (Lipinski definition) is 0. The smallest absolute Gasteiger partial charge is 0.161 e. The van der Waals surface area contributed by atoms with Crippen LogP contribution in [0.1, 0.15) is 37.2 Å². The van der Waals surface area contributed by atoms with Gasteiger partial charge in [0, 0.05) is 0 Å². The first-order chi connectivity index (χ1) is 15.0. The molecule has 0 N–H and O–H groups in total. The van der Waals surface area contributed by atoms with E-state index in [1.165, 1.54) is 0 Å². The number of hydrogen-bond acceptors (Lipinski definition) is 5. The van der Waals surface area contributed by atoms with Crippen LogP contribution in [0.4, 0.5) is 0 Å². The molecule has 4 atom stereocenters. The predicted octanol–water partition coefficient (Wildman–Crippen LogP) is 4.72. The molecule has 31 heavy (non-hydrogen) atoms. The van der Waals surface area contributed by atoms with Gasteiger partial charge < -0.3 is 23.7 Å². The van der Waals surface area contributed by atoms with Crippen molar-refractivity contribution in [1.29, 1.82) is 0 Å². The van der Waals surface area contributed by atoms with E-state index in [1.807, 2.05) is 24.3 Å². The molecule has 5 nitrogen and oxygen atoms in total. The van der Waals surface area contributed by atoms with Gasteiger partial charge >= 0.3 is 0 Å². The normalized spacial score (nSPS) is 22.8. The van der Waals surface area contributed by atoms with Gasteiger partial charge in [0.15, 0.2) is 23.0 Å². The van der Waals surface area contributed by atoms with Crippen LogP contribution in [-0.4, -0.2) is 60.0 Å². The third-order valence-electron chi connectivity index (χ3n) is 5.86. The summed E-state index contributed by atoms with van der Waals surface area (Å²) in [4.78, 5) is 0. The Labute approximate surface area is 202 Å². The van der Waals surface area contributed by atoms with E-state index >= 15 is 0 Å². The third kappa shape index (κ3) is 5.54. The summed E-state index contributed by atoms with van der Waals surface area (Å²) < 4.78 is 29.3. The van der Waals surface area contributed by atoms with Gasteiger partial charge in [-0.05, 0) is 47.2 Å². The highest BCUT2D eigenvalue weighted by atomic mass is 27.0. The van der Waals surface area contributed by atoms with E-state index in [2.05, 4.69) is 58.6 Å². The first-order valence-corrected chi connectivity index (χ1v) is 12.3. The van der Waals surface area contributed by atoms with Crippen LogP contribution in [0.3, 0.4) is 0 Å². The lowest BCUT2D eigenvalue weighted by atomic mass is 9.85. The van der Waals surface area contributed by atoms with Crippen LogP contribution in [0.5, 0.6) is 23.0 Å². The highest BCUT2D eigenvalue weighted by Crippen LogP contribution is 2.50. The van der Waals surface area contributed by atoms with E-state index < -0.39 is 0 Å². The molecule has 3 rings (SSSR count). The van der Waals surface area contributed by atoms with Gasteiger partial charge in [0.1, 0.15) is 32.6 Å². The number of rotatable bonds is 10. The maximum atomic E-state index is 6.60. The summed E-state index contributed by atoms with van der Waals surface area (Å²) >= 11 is 5.33. The zero-order chi connectivity index (χ0) is 22.4. The average molecular weight is 452 g/mol. The second kappa shape index (κ2) is 11.5. The van der Waals surface area contributed by atoms with Crippen molar-refractivity contribution in [2.45, 2.75) is 36.6 Å². The third-order valence-corrected chi connectivity index (χ3v) is 6.33. The predicted molar refractivity (Wildman–Crippen MR) is 123 cm³/mol. The van der Waals surface area contributed by atoms with Crippen molar-refractivity contribution in [2.24, 2.45) is 11.8 Å².